The van der Waals surface area contributed by atoms with Gasteiger partial charge in [-0.1, -0.05) is 24.3 Å². The van der Waals surface area contributed by atoms with Crippen LogP contribution in [0, 0.1) is 0 Å². The predicted octanol–water partition coefficient (Wildman–Crippen LogP) is 5.08. The van der Waals surface area contributed by atoms with Gasteiger partial charge in [0.2, 0.25) is 11.8 Å². The summed E-state index contributed by atoms with van der Waals surface area (Å²) in [6, 6.07) is 15.1. The Labute approximate surface area is 287 Å². The second kappa shape index (κ2) is 14.0. The molecular formula is C32H34N4O8S4. The molecule has 4 heterocycles. The monoisotopic (exact) mass is 730 g/mol. The van der Waals surface area contributed by atoms with Crippen molar-refractivity contribution in [2.45, 2.75) is 46.2 Å². The number of hydrogen-bond donors (Lipinski definition) is 2. The number of carbonyl (C=O) groups is 2. The van der Waals surface area contributed by atoms with E-state index >= 15 is 0 Å². The lowest BCUT2D eigenvalue weighted by Crippen LogP contribution is -2.42. The quantitative estimate of drug-likeness (QED) is 0.217. The van der Waals surface area contributed by atoms with E-state index < -0.39 is 43.9 Å². The highest BCUT2D eigenvalue weighted by atomic mass is 32.3. The fourth-order valence-electron chi connectivity index (χ4n) is 6.01. The van der Waals surface area contributed by atoms with Crippen LogP contribution in [0.3, 0.4) is 0 Å². The van der Waals surface area contributed by atoms with E-state index in [0.717, 1.165) is 33.8 Å². The van der Waals surface area contributed by atoms with E-state index in [0.29, 0.717) is 48.6 Å². The van der Waals surface area contributed by atoms with Gasteiger partial charge in [0.25, 0.3) is 20.0 Å². The molecule has 2 aromatic carbocycles. The molecule has 2 N–H and O–H groups in total. The molecule has 2 fully saturated rings. The molecule has 2 amide bonds. The molecule has 2 atom stereocenters. The molecule has 12 nitrogen and oxygen atoms in total. The molecule has 2 aliphatic heterocycles. The number of thiophene rings is 2. The number of ether oxygens (including phenoxy) is 2. The van der Waals surface area contributed by atoms with E-state index in [1.165, 1.54) is 35.0 Å². The van der Waals surface area contributed by atoms with Crippen LogP contribution in [0.25, 0.3) is 11.1 Å². The first-order chi connectivity index (χ1) is 23.0. The van der Waals surface area contributed by atoms with E-state index in [2.05, 4.69) is 10.6 Å². The van der Waals surface area contributed by atoms with Gasteiger partial charge < -0.3 is 20.1 Å². The number of sulfonamides is 2. The average molecular weight is 731 g/mol. The van der Waals surface area contributed by atoms with Crippen molar-refractivity contribution in [1.82, 2.24) is 8.61 Å². The molecule has 0 aliphatic carbocycles. The zero-order valence-electron chi connectivity index (χ0n) is 26.1. The fourth-order valence-corrected chi connectivity index (χ4v) is 11.6. The lowest BCUT2D eigenvalue weighted by Gasteiger charge is -2.23. The molecule has 2 aliphatic rings. The summed E-state index contributed by atoms with van der Waals surface area (Å²) in [4.78, 5) is 26.7. The minimum Gasteiger partial charge on any atom is -0.495 e. The lowest BCUT2D eigenvalue weighted by atomic mass is 10.0. The Balaban J connectivity index is 1.17. The summed E-state index contributed by atoms with van der Waals surface area (Å²) in [6.45, 7) is 0.527. The molecule has 0 saturated carbocycles. The van der Waals surface area contributed by atoms with E-state index in [4.69, 9.17) is 9.47 Å². The van der Waals surface area contributed by atoms with Crippen molar-refractivity contribution >= 4 is 65.9 Å². The number of benzene rings is 2. The molecule has 0 spiro atoms. The number of amides is 2. The highest BCUT2D eigenvalue weighted by Crippen LogP contribution is 2.37. The summed E-state index contributed by atoms with van der Waals surface area (Å²) in [7, 11) is -4.63. The van der Waals surface area contributed by atoms with E-state index in [1.807, 2.05) is 0 Å². The highest BCUT2D eigenvalue weighted by molar-refractivity contribution is 7.91. The average Bonchev–Trinajstić information content (AvgIpc) is 3.92. The Hall–Kier alpha value is -3.80. The van der Waals surface area contributed by atoms with Crippen LogP contribution in [0.5, 0.6) is 11.5 Å². The van der Waals surface area contributed by atoms with Gasteiger partial charge in [-0.05, 0) is 84.0 Å². The standard InChI is InChI=1S/C32H34N4O8S4/c1-43-27-19-21(11-13-23(27)33-31(37)25-7-3-15-35(25)47(39,40)29-9-5-17-45-29)22-12-14-24(28(20-22)44-2)34-32(38)26-8-4-16-36(26)48(41,42)30-10-6-18-46-30/h5-6,9-14,17-20,25-26H,3-4,7-8,15-16H2,1-2H3,(H,33,37)(H,34,38). The van der Waals surface area contributed by atoms with E-state index in [1.54, 1.807) is 59.3 Å². The SMILES string of the molecule is COc1cc(-c2ccc(NC(=O)C3CCCN3S(=O)(=O)c3cccs3)c(OC)c2)ccc1NC(=O)C1CCCN1S(=O)(=O)c1cccs1. The van der Waals surface area contributed by atoms with Gasteiger partial charge in [-0.25, -0.2) is 16.8 Å². The van der Waals surface area contributed by atoms with Gasteiger partial charge in [-0.3, -0.25) is 9.59 Å². The maximum atomic E-state index is 13.3. The Morgan fingerprint density at radius 1 is 0.688 bits per heavy atom. The smallest absolute Gasteiger partial charge is 0.253 e. The molecule has 254 valence electrons. The second-order valence-corrected chi connectivity index (χ2v) is 17.4. The Morgan fingerprint density at radius 2 is 1.10 bits per heavy atom. The largest absolute Gasteiger partial charge is 0.495 e. The number of nitrogens with one attached hydrogen (secondary N) is 2. The molecular weight excluding hydrogens is 697 g/mol. The highest BCUT2D eigenvalue weighted by Gasteiger charge is 2.41. The number of anilines is 2. The Morgan fingerprint density at radius 3 is 1.46 bits per heavy atom. The van der Waals surface area contributed by atoms with Crippen LogP contribution >= 0.6 is 22.7 Å². The molecule has 0 radical (unpaired) electrons. The van der Waals surface area contributed by atoms with Crippen LogP contribution in [0.2, 0.25) is 0 Å². The minimum atomic E-state index is -3.79. The summed E-state index contributed by atoms with van der Waals surface area (Å²) in [5.41, 5.74) is 2.24. The Bertz CT molecular complexity index is 1870. The minimum absolute atomic E-state index is 0.202. The molecule has 2 aromatic heterocycles. The first-order valence-electron chi connectivity index (χ1n) is 15.1. The molecule has 48 heavy (non-hydrogen) atoms. The van der Waals surface area contributed by atoms with Crippen molar-refractivity contribution in [2.24, 2.45) is 0 Å². The zero-order valence-corrected chi connectivity index (χ0v) is 29.4. The first-order valence-corrected chi connectivity index (χ1v) is 19.8. The van der Waals surface area contributed by atoms with Crippen molar-refractivity contribution in [3.8, 4) is 22.6 Å². The third-order valence-corrected chi connectivity index (χ3v) is 14.9. The summed E-state index contributed by atoms with van der Waals surface area (Å²) >= 11 is 2.24. The van der Waals surface area contributed by atoms with Crippen LogP contribution in [0.1, 0.15) is 25.7 Å². The van der Waals surface area contributed by atoms with Crippen LogP contribution in [-0.2, 0) is 29.6 Å². The van der Waals surface area contributed by atoms with E-state index in [-0.39, 0.29) is 21.5 Å². The van der Waals surface area contributed by atoms with Gasteiger partial charge in [0, 0.05) is 13.1 Å². The zero-order chi connectivity index (χ0) is 34.1. The fraction of sp³-hybridized carbons (Fsp3) is 0.312. The molecule has 0 bridgehead atoms. The van der Waals surface area contributed by atoms with Crippen LogP contribution < -0.4 is 20.1 Å². The van der Waals surface area contributed by atoms with Gasteiger partial charge >= 0.3 is 0 Å². The lowest BCUT2D eigenvalue weighted by molar-refractivity contribution is -0.119. The van der Waals surface area contributed by atoms with Gasteiger partial charge in [-0.2, -0.15) is 8.61 Å². The number of rotatable bonds is 11. The predicted molar refractivity (Wildman–Crippen MR) is 185 cm³/mol. The van der Waals surface area contributed by atoms with Crippen LogP contribution in [0.4, 0.5) is 11.4 Å². The normalized spacial score (nSPS) is 18.9. The van der Waals surface area contributed by atoms with Crippen LogP contribution in [-0.4, -0.2) is 76.7 Å². The number of nitrogens with zero attached hydrogens (tertiary/aromatic N) is 2. The van der Waals surface area contributed by atoms with Crippen molar-refractivity contribution < 1.29 is 35.9 Å². The summed E-state index contributed by atoms with van der Waals surface area (Å²) in [5.74, 6) is -0.138. The molecule has 2 saturated heterocycles. The molecule has 16 heteroatoms. The van der Waals surface area contributed by atoms with Crippen molar-refractivity contribution in [3.63, 3.8) is 0 Å². The number of hydrogen-bond acceptors (Lipinski definition) is 10. The summed E-state index contributed by atoms with van der Waals surface area (Å²) in [5, 5.41) is 9.07. The number of carbonyl (C=O) groups excluding carboxylic acids is 2. The van der Waals surface area contributed by atoms with Gasteiger partial charge in [0.15, 0.2) is 0 Å². The molecule has 6 rings (SSSR count). The summed E-state index contributed by atoms with van der Waals surface area (Å²) in [6.07, 6.45) is 1.96. The van der Waals surface area contributed by atoms with Crippen molar-refractivity contribution in [1.29, 1.82) is 0 Å². The van der Waals surface area contributed by atoms with Gasteiger partial charge in [0.05, 0.1) is 25.6 Å². The second-order valence-electron chi connectivity index (χ2n) is 11.2. The van der Waals surface area contributed by atoms with Gasteiger partial charge in [0.1, 0.15) is 32.0 Å². The van der Waals surface area contributed by atoms with Crippen molar-refractivity contribution in [2.75, 3.05) is 37.9 Å². The third-order valence-electron chi connectivity index (χ3n) is 8.38. The molecule has 4 aromatic rings. The topological polar surface area (TPSA) is 151 Å². The first kappa shape index (κ1) is 34.1. The van der Waals surface area contributed by atoms with E-state index in [9.17, 15) is 26.4 Å². The maximum Gasteiger partial charge on any atom is 0.253 e. The number of methoxy groups -OCH3 is 2. The third kappa shape index (κ3) is 6.60. The Kier molecular flexibility index (Phi) is 9.92. The van der Waals surface area contributed by atoms with Crippen LogP contribution in [0.15, 0.2) is 79.8 Å². The molecule has 2 unspecified atom stereocenters. The maximum absolute atomic E-state index is 13.3. The summed E-state index contributed by atoms with van der Waals surface area (Å²) < 4.78 is 66.7. The van der Waals surface area contributed by atoms with Gasteiger partial charge in [-0.15, -0.1) is 22.7 Å². The van der Waals surface area contributed by atoms with Crippen molar-refractivity contribution in [3.05, 3.63) is 71.4 Å².